The van der Waals surface area contributed by atoms with Crippen molar-refractivity contribution in [1.29, 1.82) is 0 Å². The molecule has 4 unspecified atom stereocenters. The third-order valence-corrected chi connectivity index (χ3v) is 7.55. The monoisotopic (exact) mass is 462 g/mol. The first-order chi connectivity index (χ1) is 16.4. The SMILES string of the molecule is CCOC1CCC(C(=O)OC2CC(C)CCC2C(C)(C)c2ccccc2)=C(c2ccccc2)O1. The molecule has 4 nitrogen and oxygen atoms in total. The first-order valence-electron chi connectivity index (χ1n) is 12.7. The Morgan fingerprint density at radius 2 is 1.68 bits per heavy atom. The van der Waals surface area contributed by atoms with Crippen LogP contribution in [0.15, 0.2) is 66.2 Å². The largest absolute Gasteiger partial charge is 0.464 e. The molecule has 1 aliphatic carbocycles. The van der Waals surface area contributed by atoms with E-state index < -0.39 is 0 Å². The van der Waals surface area contributed by atoms with Gasteiger partial charge in [-0.25, -0.2) is 4.79 Å². The third kappa shape index (κ3) is 5.38. The van der Waals surface area contributed by atoms with Gasteiger partial charge in [-0.15, -0.1) is 0 Å². The highest BCUT2D eigenvalue weighted by atomic mass is 16.7. The molecule has 2 aliphatic rings. The molecule has 2 aromatic carbocycles. The second-order valence-electron chi connectivity index (χ2n) is 10.3. The third-order valence-electron chi connectivity index (χ3n) is 7.55. The van der Waals surface area contributed by atoms with Crippen molar-refractivity contribution >= 4 is 11.7 Å². The summed E-state index contributed by atoms with van der Waals surface area (Å²) >= 11 is 0. The number of hydrogen-bond donors (Lipinski definition) is 0. The molecule has 4 atom stereocenters. The molecule has 1 saturated carbocycles. The van der Waals surface area contributed by atoms with Crippen LogP contribution < -0.4 is 0 Å². The Labute approximate surface area is 204 Å². The van der Waals surface area contributed by atoms with Crippen LogP contribution in [0.2, 0.25) is 0 Å². The van der Waals surface area contributed by atoms with Gasteiger partial charge >= 0.3 is 5.97 Å². The lowest BCUT2D eigenvalue weighted by molar-refractivity contribution is -0.153. The van der Waals surface area contributed by atoms with Crippen LogP contribution in [0.5, 0.6) is 0 Å². The zero-order valence-corrected chi connectivity index (χ0v) is 21.0. The van der Waals surface area contributed by atoms with Crippen LogP contribution in [0.25, 0.3) is 5.76 Å². The minimum atomic E-state index is -0.337. The van der Waals surface area contributed by atoms with E-state index in [1.807, 2.05) is 37.3 Å². The fraction of sp³-hybridized carbons (Fsp3) is 0.500. The lowest BCUT2D eigenvalue weighted by Gasteiger charge is -2.44. The minimum absolute atomic E-state index is 0.0912. The summed E-state index contributed by atoms with van der Waals surface area (Å²) < 4.78 is 18.3. The zero-order chi connectivity index (χ0) is 24.1. The molecule has 0 aromatic heterocycles. The Bertz CT molecular complexity index is 979. The topological polar surface area (TPSA) is 44.8 Å². The Morgan fingerprint density at radius 1 is 1.00 bits per heavy atom. The molecule has 0 spiro atoms. The normalized spacial score (nSPS) is 25.5. The molecule has 34 heavy (non-hydrogen) atoms. The highest BCUT2D eigenvalue weighted by Crippen LogP contribution is 2.44. The van der Waals surface area contributed by atoms with Crippen LogP contribution in [-0.2, 0) is 24.4 Å². The molecule has 0 radical (unpaired) electrons. The van der Waals surface area contributed by atoms with Crippen LogP contribution >= 0.6 is 0 Å². The molecular weight excluding hydrogens is 424 g/mol. The standard InChI is InChI=1S/C30H38O4/c1-5-32-27-19-17-24(28(34-27)22-12-8-6-9-13-22)29(31)33-26-20-21(2)16-18-25(26)30(3,4)23-14-10-7-11-15-23/h6-15,21,25-27H,5,16-20H2,1-4H3. The average Bonchev–Trinajstić information content (AvgIpc) is 2.85. The van der Waals surface area contributed by atoms with Crippen LogP contribution in [0.4, 0.5) is 0 Å². The maximum absolute atomic E-state index is 13.6. The van der Waals surface area contributed by atoms with Crippen molar-refractivity contribution in [2.24, 2.45) is 11.8 Å². The Kier molecular flexibility index (Phi) is 7.77. The van der Waals surface area contributed by atoms with E-state index in [2.05, 4.69) is 51.1 Å². The van der Waals surface area contributed by atoms with E-state index in [0.717, 1.165) is 24.8 Å². The number of carbonyl (C=O) groups is 1. The first-order valence-corrected chi connectivity index (χ1v) is 12.7. The van der Waals surface area contributed by atoms with Crippen LogP contribution in [0.3, 0.4) is 0 Å². The molecule has 1 fully saturated rings. The van der Waals surface area contributed by atoms with Gasteiger partial charge in [0.15, 0.2) is 6.29 Å². The Hall–Kier alpha value is -2.59. The maximum atomic E-state index is 13.6. The van der Waals surface area contributed by atoms with Crippen molar-refractivity contribution in [3.63, 3.8) is 0 Å². The predicted octanol–water partition coefficient (Wildman–Crippen LogP) is 6.90. The number of rotatable bonds is 7. The van der Waals surface area contributed by atoms with Gasteiger partial charge in [0.05, 0.1) is 5.57 Å². The van der Waals surface area contributed by atoms with Gasteiger partial charge in [-0.3, -0.25) is 0 Å². The number of ether oxygens (including phenoxy) is 3. The van der Waals surface area contributed by atoms with Crippen molar-refractivity contribution in [2.75, 3.05) is 6.61 Å². The molecular formula is C30H38O4. The van der Waals surface area contributed by atoms with Crippen LogP contribution in [-0.4, -0.2) is 25.0 Å². The van der Waals surface area contributed by atoms with E-state index >= 15 is 0 Å². The zero-order valence-electron chi connectivity index (χ0n) is 21.0. The fourth-order valence-corrected chi connectivity index (χ4v) is 5.54. The van der Waals surface area contributed by atoms with E-state index in [9.17, 15) is 4.79 Å². The lowest BCUT2D eigenvalue weighted by Crippen LogP contribution is -2.43. The summed E-state index contributed by atoms with van der Waals surface area (Å²) in [6.07, 6.45) is 3.87. The molecule has 0 bridgehead atoms. The van der Waals surface area contributed by atoms with Gasteiger partial charge in [-0.2, -0.15) is 0 Å². The van der Waals surface area contributed by atoms with Crippen LogP contribution in [0.1, 0.15) is 70.9 Å². The van der Waals surface area contributed by atoms with Crippen molar-refractivity contribution in [3.8, 4) is 0 Å². The number of esters is 1. The quantitative estimate of drug-likeness (QED) is 0.420. The van der Waals surface area contributed by atoms with Crippen molar-refractivity contribution in [2.45, 2.75) is 77.6 Å². The van der Waals surface area contributed by atoms with Gasteiger partial charge in [-0.05, 0) is 43.1 Å². The van der Waals surface area contributed by atoms with Gasteiger partial charge in [-0.1, -0.05) is 87.9 Å². The first kappa shape index (κ1) is 24.5. The number of benzene rings is 2. The van der Waals surface area contributed by atoms with E-state index in [-0.39, 0.29) is 29.7 Å². The van der Waals surface area contributed by atoms with Gasteiger partial charge < -0.3 is 14.2 Å². The second kappa shape index (κ2) is 10.8. The average molecular weight is 463 g/mol. The number of hydrogen-bond acceptors (Lipinski definition) is 4. The van der Waals surface area contributed by atoms with Gasteiger partial charge in [0, 0.05) is 24.5 Å². The van der Waals surface area contributed by atoms with Crippen molar-refractivity contribution in [3.05, 3.63) is 77.4 Å². The Morgan fingerprint density at radius 3 is 2.35 bits per heavy atom. The Balaban J connectivity index is 1.61. The molecule has 0 N–H and O–H groups in total. The molecule has 2 aromatic rings. The molecule has 182 valence electrons. The second-order valence-corrected chi connectivity index (χ2v) is 10.3. The summed E-state index contributed by atoms with van der Waals surface area (Å²) in [5, 5.41) is 0. The summed E-state index contributed by atoms with van der Waals surface area (Å²) in [6.45, 7) is 9.36. The highest BCUT2D eigenvalue weighted by molar-refractivity contribution is 5.96. The lowest BCUT2D eigenvalue weighted by atomic mass is 9.64. The molecule has 4 rings (SSSR count). The summed E-state index contributed by atoms with van der Waals surface area (Å²) in [5.74, 6) is 1.14. The van der Waals surface area contributed by atoms with E-state index in [1.165, 1.54) is 5.56 Å². The fourth-order valence-electron chi connectivity index (χ4n) is 5.54. The minimum Gasteiger partial charge on any atom is -0.464 e. The highest BCUT2D eigenvalue weighted by Gasteiger charge is 2.42. The van der Waals surface area contributed by atoms with Gasteiger partial charge in [0.2, 0.25) is 0 Å². The van der Waals surface area contributed by atoms with Crippen molar-refractivity contribution in [1.82, 2.24) is 0 Å². The summed E-state index contributed by atoms with van der Waals surface area (Å²) in [4.78, 5) is 13.6. The van der Waals surface area contributed by atoms with E-state index in [4.69, 9.17) is 14.2 Å². The molecule has 1 aliphatic heterocycles. The molecule has 0 saturated heterocycles. The van der Waals surface area contributed by atoms with Crippen molar-refractivity contribution < 1.29 is 19.0 Å². The molecule has 1 heterocycles. The van der Waals surface area contributed by atoms with E-state index in [0.29, 0.717) is 36.7 Å². The maximum Gasteiger partial charge on any atom is 0.338 e. The summed E-state index contributed by atoms with van der Waals surface area (Å²) in [6, 6.07) is 20.4. The number of carbonyl (C=O) groups excluding carboxylic acids is 1. The van der Waals surface area contributed by atoms with Crippen LogP contribution in [0, 0.1) is 11.8 Å². The summed E-state index contributed by atoms with van der Waals surface area (Å²) in [7, 11) is 0. The molecule has 0 amide bonds. The van der Waals surface area contributed by atoms with Gasteiger partial charge in [0.25, 0.3) is 0 Å². The predicted molar refractivity (Wildman–Crippen MR) is 135 cm³/mol. The van der Waals surface area contributed by atoms with E-state index in [1.54, 1.807) is 0 Å². The smallest absolute Gasteiger partial charge is 0.338 e. The summed E-state index contributed by atoms with van der Waals surface area (Å²) in [5.41, 5.74) is 2.71. The van der Waals surface area contributed by atoms with Gasteiger partial charge in [0.1, 0.15) is 11.9 Å². The molecule has 4 heteroatoms.